The van der Waals surface area contributed by atoms with E-state index >= 15 is 0 Å². The average Bonchev–Trinajstić information content (AvgIpc) is 2.46. The van der Waals surface area contributed by atoms with Gasteiger partial charge in [-0.2, -0.15) is 0 Å². The van der Waals surface area contributed by atoms with E-state index in [0.29, 0.717) is 5.82 Å². The molecule has 7 nitrogen and oxygen atoms in total. The van der Waals surface area contributed by atoms with Crippen LogP contribution in [0.15, 0.2) is 6.07 Å². The van der Waals surface area contributed by atoms with Crippen LogP contribution in [0, 0.1) is 0 Å². The van der Waals surface area contributed by atoms with Crippen molar-refractivity contribution in [3.8, 4) is 0 Å². The van der Waals surface area contributed by atoms with E-state index in [2.05, 4.69) is 10.3 Å². The van der Waals surface area contributed by atoms with E-state index in [1.54, 1.807) is 6.07 Å². The minimum Gasteiger partial charge on any atom is -0.479 e. The molecule has 0 aliphatic heterocycles. The Hall–Kier alpha value is -2.15. The van der Waals surface area contributed by atoms with Gasteiger partial charge in [0.1, 0.15) is 5.82 Å². The molecule has 0 saturated carbocycles. The summed E-state index contributed by atoms with van der Waals surface area (Å²) in [6, 6.07) is 1.76. The molecule has 21 heavy (non-hydrogen) atoms. The fourth-order valence-electron chi connectivity index (χ4n) is 2.42. The Kier molecular flexibility index (Phi) is 4.74. The smallest absolute Gasteiger partial charge is 0.334 e. The second kappa shape index (κ2) is 6.53. The largest absolute Gasteiger partial charge is 0.479 e. The number of hydrogen-bond donors (Lipinski definition) is 3. The van der Waals surface area contributed by atoms with Crippen molar-refractivity contribution in [2.45, 2.75) is 31.8 Å². The van der Waals surface area contributed by atoms with Gasteiger partial charge in [-0.05, 0) is 37.3 Å². The van der Waals surface area contributed by atoms with Crippen molar-refractivity contribution in [1.82, 2.24) is 4.98 Å². The van der Waals surface area contributed by atoms with E-state index in [1.807, 2.05) is 0 Å². The zero-order valence-corrected chi connectivity index (χ0v) is 11.9. The minimum absolute atomic E-state index is 0.0118. The van der Waals surface area contributed by atoms with Crippen LogP contribution in [0.25, 0.3) is 0 Å². The standard InChI is InChI=1S/C14H19N3O4/c1-21-11(14(19)20)7-16-13-9(12(15)18)6-8-4-2-3-5-10(8)17-13/h6,11H,2-5,7H2,1H3,(H2,15,18)(H,16,17)(H,19,20). The van der Waals surface area contributed by atoms with Gasteiger partial charge in [-0.15, -0.1) is 0 Å². The third kappa shape index (κ3) is 3.49. The van der Waals surface area contributed by atoms with Gasteiger partial charge in [0.25, 0.3) is 5.91 Å². The molecule has 0 aromatic carbocycles. The number of methoxy groups -OCH3 is 1. The van der Waals surface area contributed by atoms with Gasteiger partial charge < -0.3 is 20.9 Å². The summed E-state index contributed by atoms with van der Waals surface area (Å²) in [7, 11) is 1.32. The number of anilines is 1. The molecule has 0 saturated heterocycles. The van der Waals surface area contributed by atoms with Gasteiger partial charge in [0.2, 0.25) is 0 Å². The molecule has 1 aliphatic carbocycles. The van der Waals surface area contributed by atoms with Crippen LogP contribution in [0.2, 0.25) is 0 Å². The van der Waals surface area contributed by atoms with Crippen molar-refractivity contribution < 1.29 is 19.4 Å². The molecule has 1 aromatic heterocycles. The van der Waals surface area contributed by atoms with Crippen LogP contribution in [-0.2, 0) is 22.4 Å². The molecule has 1 aliphatic rings. The lowest BCUT2D eigenvalue weighted by Crippen LogP contribution is -2.31. The number of carboxylic acid groups (broad SMARTS) is 1. The lowest BCUT2D eigenvalue weighted by molar-refractivity contribution is -0.147. The Morgan fingerprint density at radius 1 is 1.48 bits per heavy atom. The molecule has 4 N–H and O–H groups in total. The minimum atomic E-state index is -1.08. The zero-order valence-electron chi connectivity index (χ0n) is 11.9. The summed E-state index contributed by atoms with van der Waals surface area (Å²) in [5.74, 6) is -1.34. The van der Waals surface area contributed by atoms with E-state index < -0.39 is 18.0 Å². The molecule has 0 fully saturated rings. The van der Waals surface area contributed by atoms with Crippen LogP contribution >= 0.6 is 0 Å². The van der Waals surface area contributed by atoms with Crippen molar-refractivity contribution in [3.63, 3.8) is 0 Å². The SMILES string of the molecule is COC(CNc1nc2c(cc1C(N)=O)CCCC2)C(=O)O. The molecule has 114 valence electrons. The fraction of sp³-hybridized carbons (Fsp3) is 0.500. The molecule has 0 bridgehead atoms. The van der Waals surface area contributed by atoms with E-state index in [9.17, 15) is 9.59 Å². The maximum atomic E-state index is 11.6. The average molecular weight is 293 g/mol. The molecular weight excluding hydrogens is 274 g/mol. The van der Waals surface area contributed by atoms with Crippen molar-refractivity contribution in [3.05, 3.63) is 22.9 Å². The topological polar surface area (TPSA) is 115 Å². The van der Waals surface area contributed by atoms with Gasteiger partial charge in [0.15, 0.2) is 6.10 Å². The number of amides is 1. The number of fused-ring (bicyclic) bond motifs is 1. The van der Waals surface area contributed by atoms with E-state index in [-0.39, 0.29) is 12.1 Å². The van der Waals surface area contributed by atoms with Crippen LogP contribution in [-0.4, -0.2) is 41.7 Å². The van der Waals surface area contributed by atoms with Crippen LogP contribution < -0.4 is 11.1 Å². The Morgan fingerprint density at radius 2 is 2.19 bits per heavy atom. The number of aromatic nitrogens is 1. The number of nitrogens with two attached hydrogens (primary N) is 1. The maximum Gasteiger partial charge on any atom is 0.334 e. The first-order valence-corrected chi connectivity index (χ1v) is 6.85. The molecule has 1 aromatic rings. The molecule has 0 radical (unpaired) electrons. The van der Waals surface area contributed by atoms with Gasteiger partial charge in [0.05, 0.1) is 12.1 Å². The van der Waals surface area contributed by atoms with Crippen molar-refractivity contribution in [1.29, 1.82) is 0 Å². The van der Waals surface area contributed by atoms with Gasteiger partial charge in [-0.25, -0.2) is 9.78 Å². The quantitative estimate of drug-likeness (QED) is 0.706. The summed E-state index contributed by atoms with van der Waals surface area (Å²) in [5.41, 5.74) is 7.65. The number of carbonyl (C=O) groups is 2. The normalized spacial score (nSPS) is 15.1. The summed E-state index contributed by atoms with van der Waals surface area (Å²) in [6.07, 6.45) is 2.87. The third-order valence-corrected chi connectivity index (χ3v) is 3.58. The van der Waals surface area contributed by atoms with Gasteiger partial charge in [0, 0.05) is 12.8 Å². The number of nitrogens with zero attached hydrogens (tertiary/aromatic N) is 1. The summed E-state index contributed by atoms with van der Waals surface area (Å²) < 4.78 is 4.84. The highest BCUT2D eigenvalue weighted by Crippen LogP contribution is 2.24. The molecule has 2 rings (SSSR count). The highest BCUT2D eigenvalue weighted by atomic mass is 16.5. The third-order valence-electron chi connectivity index (χ3n) is 3.58. The number of aliphatic carboxylic acids is 1. The molecule has 7 heteroatoms. The summed E-state index contributed by atoms with van der Waals surface area (Å²) in [6.45, 7) is 0.0118. The van der Waals surface area contributed by atoms with Gasteiger partial charge >= 0.3 is 5.97 Å². The highest BCUT2D eigenvalue weighted by Gasteiger charge is 2.20. The molecule has 1 atom stereocenters. The van der Waals surface area contributed by atoms with Crippen molar-refractivity contribution >= 4 is 17.7 Å². The number of rotatable bonds is 6. The predicted octanol–water partition coefficient (Wildman–Crippen LogP) is 0.571. The molecule has 1 heterocycles. The molecule has 1 unspecified atom stereocenters. The fourth-order valence-corrected chi connectivity index (χ4v) is 2.42. The number of hydrogen-bond acceptors (Lipinski definition) is 5. The lowest BCUT2D eigenvalue weighted by atomic mass is 9.94. The van der Waals surface area contributed by atoms with Crippen LogP contribution in [0.1, 0.15) is 34.5 Å². The first kappa shape index (κ1) is 15.2. The number of pyridine rings is 1. The molecular formula is C14H19N3O4. The Labute approximate surface area is 122 Å². The Morgan fingerprint density at radius 3 is 2.81 bits per heavy atom. The highest BCUT2D eigenvalue weighted by molar-refractivity contribution is 5.97. The summed E-state index contributed by atoms with van der Waals surface area (Å²) in [5, 5.41) is 11.8. The zero-order chi connectivity index (χ0) is 15.4. The first-order valence-electron chi connectivity index (χ1n) is 6.85. The van der Waals surface area contributed by atoms with Crippen LogP contribution in [0.3, 0.4) is 0 Å². The molecule has 0 spiro atoms. The van der Waals surface area contributed by atoms with Gasteiger partial charge in [-0.3, -0.25) is 4.79 Å². The van der Waals surface area contributed by atoms with E-state index in [0.717, 1.165) is 36.9 Å². The van der Waals surface area contributed by atoms with Crippen LogP contribution in [0.4, 0.5) is 5.82 Å². The second-order valence-electron chi connectivity index (χ2n) is 5.01. The number of primary amides is 1. The maximum absolute atomic E-state index is 11.6. The van der Waals surface area contributed by atoms with E-state index in [1.165, 1.54) is 7.11 Å². The summed E-state index contributed by atoms with van der Waals surface area (Å²) in [4.78, 5) is 26.9. The number of carboxylic acids is 1. The van der Waals surface area contributed by atoms with Gasteiger partial charge in [-0.1, -0.05) is 0 Å². The van der Waals surface area contributed by atoms with Crippen LogP contribution in [0.5, 0.6) is 0 Å². The Balaban J connectivity index is 2.24. The number of aryl methyl sites for hydroxylation is 2. The molecule has 1 amide bonds. The van der Waals surface area contributed by atoms with E-state index in [4.69, 9.17) is 15.6 Å². The number of ether oxygens (including phenoxy) is 1. The monoisotopic (exact) mass is 293 g/mol. The Bertz CT molecular complexity index is 559. The van der Waals surface area contributed by atoms with Crippen molar-refractivity contribution in [2.75, 3.05) is 19.0 Å². The van der Waals surface area contributed by atoms with Crippen molar-refractivity contribution in [2.24, 2.45) is 5.73 Å². The lowest BCUT2D eigenvalue weighted by Gasteiger charge is -2.19. The summed E-state index contributed by atoms with van der Waals surface area (Å²) >= 11 is 0. The number of nitrogens with one attached hydrogen (secondary N) is 1. The first-order chi connectivity index (χ1) is 10.0. The second-order valence-corrected chi connectivity index (χ2v) is 5.01. The predicted molar refractivity (Wildman–Crippen MR) is 76.3 cm³/mol. The number of carbonyl (C=O) groups excluding carboxylic acids is 1.